The Labute approximate surface area is 224 Å². The van der Waals surface area contributed by atoms with Gasteiger partial charge in [0.15, 0.2) is 0 Å². The molecule has 1 aromatic rings. The fraction of sp³-hybridized carbons (Fsp3) is 0.645. The molecule has 3 rings (SSSR count). The molecule has 1 saturated carbocycles. The predicted octanol–water partition coefficient (Wildman–Crippen LogP) is 9.29. The number of aliphatic imine (C=N–C) groups is 1. The van der Waals surface area contributed by atoms with E-state index in [9.17, 15) is 4.39 Å². The third kappa shape index (κ3) is 8.72. The van der Waals surface area contributed by atoms with E-state index in [1.54, 1.807) is 16.9 Å². The first kappa shape index (κ1) is 27.8. The third-order valence-electron chi connectivity index (χ3n) is 7.91. The van der Waals surface area contributed by atoms with Gasteiger partial charge in [-0.1, -0.05) is 6.92 Å². The molecule has 1 fully saturated rings. The number of allylic oxidation sites excluding steroid dienone is 3. The second kappa shape index (κ2) is 13.0. The molecule has 3 heteroatoms. The van der Waals surface area contributed by atoms with Crippen LogP contribution >= 0.6 is 0 Å². The average Bonchev–Trinajstić information content (AvgIpc) is 3.15. The van der Waals surface area contributed by atoms with Gasteiger partial charge < -0.3 is 0 Å². The van der Waals surface area contributed by atoms with Gasteiger partial charge in [0.25, 0.3) is 0 Å². The van der Waals surface area contributed by atoms with E-state index < -0.39 is 5.67 Å². The Bertz CT molecular complexity index is 874. The van der Waals surface area contributed by atoms with Crippen LogP contribution in [0.1, 0.15) is 109 Å². The van der Waals surface area contributed by atoms with Crippen molar-refractivity contribution >= 4 is 5.71 Å². The molecular weight excluding hydrogens is 606 g/mol. The van der Waals surface area contributed by atoms with Crippen molar-refractivity contribution in [1.82, 2.24) is 0 Å². The molecule has 1 heterocycles. The summed E-state index contributed by atoms with van der Waals surface area (Å²) in [6.07, 6.45) is 15.0. The molecule has 1 aliphatic heterocycles. The number of halogens is 1. The summed E-state index contributed by atoms with van der Waals surface area (Å²) >= 11 is 0.634. The quantitative estimate of drug-likeness (QED) is 0.158. The van der Waals surface area contributed by atoms with E-state index in [1.165, 1.54) is 80.3 Å². The fourth-order valence-electron chi connectivity index (χ4n) is 5.98. The Morgan fingerprint density at radius 2 is 1.82 bits per heavy atom. The Morgan fingerprint density at radius 1 is 1.15 bits per heavy atom. The maximum absolute atomic E-state index is 14.0. The van der Waals surface area contributed by atoms with Crippen molar-refractivity contribution in [1.29, 1.82) is 0 Å². The summed E-state index contributed by atoms with van der Waals surface area (Å²) in [4.78, 5) is 5.11. The molecule has 0 amide bonds. The summed E-state index contributed by atoms with van der Waals surface area (Å²) in [5.74, 6) is 2.53. The molecule has 0 N–H and O–H groups in total. The Balaban J connectivity index is 1.50. The molecule has 0 bridgehead atoms. The Morgan fingerprint density at radius 3 is 2.44 bits per heavy atom. The van der Waals surface area contributed by atoms with E-state index in [-0.39, 0.29) is 0 Å². The van der Waals surface area contributed by atoms with Crippen molar-refractivity contribution in [2.45, 2.75) is 110 Å². The van der Waals surface area contributed by atoms with Gasteiger partial charge >= 0.3 is 219 Å². The first-order chi connectivity index (χ1) is 16.1. The molecule has 183 valence electrons. The SMILES string of the molecule is C=C(C)C(CCC)CCC1CCCC(CCC2=[C]([Hg])CC(c3ccc(CC(C)(C)F)cc3)=N2)C1. The minimum atomic E-state index is -1.16. The molecule has 0 radical (unpaired) electrons. The van der Waals surface area contributed by atoms with Crippen LogP contribution in [0.25, 0.3) is 0 Å². The number of rotatable bonds is 12. The molecule has 1 nitrogen and oxygen atoms in total. The normalized spacial score (nSPS) is 22.1. The van der Waals surface area contributed by atoms with Gasteiger partial charge in [0.05, 0.1) is 0 Å². The first-order valence-electron chi connectivity index (χ1n) is 13.7. The molecule has 34 heavy (non-hydrogen) atoms. The Hall–Kier alpha value is -0.765. The maximum atomic E-state index is 14.0. The van der Waals surface area contributed by atoms with Crippen LogP contribution in [-0.4, -0.2) is 11.4 Å². The van der Waals surface area contributed by atoms with Crippen molar-refractivity contribution in [3.8, 4) is 0 Å². The summed E-state index contributed by atoms with van der Waals surface area (Å²) in [5, 5.41) is 0. The van der Waals surface area contributed by atoms with Crippen LogP contribution in [0.2, 0.25) is 0 Å². The van der Waals surface area contributed by atoms with E-state index in [4.69, 9.17) is 4.99 Å². The zero-order valence-corrected chi connectivity index (χ0v) is 27.8. The third-order valence-corrected chi connectivity index (χ3v) is 10.5. The summed E-state index contributed by atoms with van der Waals surface area (Å²) in [7, 11) is 0. The van der Waals surface area contributed by atoms with E-state index in [0.717, 1.165) is 36.2 Å². The molecule has 0 aromatic heterocycles. The number of hydrogen-bond donors (Lipinski definition) is 0. The van der Waals surface area contributed by atoms with Crippen molar-refractivity contribution in [3.05, 3.63) is 56.3 Å². The molecule has 0 spiro atoms. The van der Waals surface area contributed by atoms with E-state index in [0.29, 0.717) is 32.5 Å². The van der Waals surface area contributed by atoms with Crippen molar-refractivity contribution in [2.75, 3.05) is 0 Å². The summed E-state index contributed by atoms with van der Waals surface area (Å²) in [6, 6.07) is 8.45. The van der Waals surface area contributed by atoms with Crippen molar-refractivity contribution in [3.63, 3.8) is 0 Å². The summed E-state index contributed by atoms with van der Waals surface area (Å²) < 4.78 is 15.6. The van der Waals surface area contributed by atoms with Crippen LogP contribution in [0.3, 0.4) is 0 Å². The molecule has 3 unspecified atom stereocenters. The number of hydrogen-bond acceptors (Lipinski definition) is 1. The van der Waals surface area contributed by atoms with Crippen LogP contribution in [-0.2, 0) is 32.5 Å². The van der Waals surface area contributed by atoms with Crippen LogP contribution in [0, 0.1) is 17.8 Å². The fourth-order valence-corrected chi connectivity index (χ4v) is 7.89. The first-order valence-corrected chi connectivity index (χ1v) is 16.4. The molecule has 2 aliphatic rings. The van der Waals surface area contributed by atoms with Gasteiger partial charge in [-0.25, -0.2) is 0 Å². The number of benzene rings is 1. The van der Waals surface area contributed by atoms with Crippen LogP contribution in [0.4, 0.5) is 4.39 Å². The van der Waals surface area contributed by atoms with Gasteiger partial charge in [-0.05, 0) is 0 Å². The van der Waals surface area contributed by atoms with Crippen molar-refractivity contribution in [2.24, 2.45) is 22.7 Å². The van der Waals surface area contributed by atoms with Gasteiger partial charge in [0.2, 0.25) is 0 Å². The second-order valence-electron chi connectivity index (χ2n) is 11.7. The molecule has 3 atom stereocenters. The van der Waals surface area contributed by atoms with Crippen molar-refractivity contribution < 1.29 is 30.5 Å². The van der Waals surface area contributed by atoms with Crippen LogP contribution in [0.5, 0.6) is 0 Å². The van der Waals surface area contributed by atoms with E-state index >= 15 is 0 Å². The molecule has 1 aromatic carbocycles. The average molecular weight is 651 g/mol. The van der Waals surface area contributed by atoms with Gasteiger partial charge in [0.1, 0.15) is 0 Å². The van der Waals surface area contributed by atoms with Gasteiger partial charge in [-0.2, -0.15) is 0 Å². The molecule has 1 aliphatic carbocycles. The van der Waals surface area contributed by atoms with E-state index in [2.05, 4.69) is 44.7 Å². The number of alkyl halides is 1. The Kier molecular flexibility index (Phi) is 10.6. The zero-order valence-electron chi connectivity index (χ0n) is 22.3. The van der Waals surface area contributed by atoms with Gasteiger partial charge in [-0.3, -0.25) is 0 Å². The van der Waals surface area contributed by atoms with Gasteiger partial charge in [-0.15, -0.1) is 0 Å². The summed E-state index contributed by atoms with van der Waals surface area (Å²) in [5.41, 5.74) is 5.14. The summed E-state index contributed by atoms with van der Waals surface area (Å²) in [6.45, 7) is 12.1. The van der Waals surface area contributed by atoms with E-state index in [1.807, 2.05) is 0 Å². The van der Waals surface area contributed by atoms with Gasteiger partial charge in [0, 0.05) is 0 Å². The molecule has 0 saturated heterocycles. The zero-order chi connectivity index (χ0) is 24.7. The topological polar surface area (TPSA) is 12.4 Å². The molecular formula is C31H45FHgN. The second-order valence-corrected chi connectivity index (χ2v) is 15.0. The number of nitrogens with zero attached hydrogens (tertiary/aromatic N) is 1. The standard InChI is InChI=1S/C31H45FN.Hg/c1-6-8-27(23(2)3)15-11-24-9-7-10-25(21-24)14-18-29-19-20-30(33-29)28-16-12-26(13-17-28)22-31(4,5)32;/h12-13,16-17,24-25,27H,2,6-11,14-15,18,20-22H2,1,3-5H3;. The predicted molar refractivity (Wildman–Crippen MR) is 141 cm³/mol. The minimum absolute atomic E-state index is 0.465. The van der Waals surface area contributed by atoms with Crippen LogP contribution < -0.4 is 0 Å². The monoisotopic (exact) mass is 652 g/mol. The van der Waals surface area contributed by atoms with Crippen LogP contribution in [0.15, 0.2) is 50.2 Å².